The van der Waals surface area contributed by atoms with E-state index in [0.717, 1.165) is 12.2 Å². The van der Waals surface area contributed by atoms with Gasteiger partial charge in [-0.25, -0.2) is 28.8 Å². The Bertz CT molecular complexity index is 1940. The van der Waals surface area contributed by atoms with Crippen LogP contribution in [-0.4, -0.2) is 75.5 Å². The summed E-state index contributed by atoms with van der Waals surface area (Å²) in [4.78, 5) is 72.6. The molecule has 0 amide bonds. The number of carbonyl (C=O) groups excluding carboxylic acids is 6. The molecule has 0 aliphatic rings. The van der Waals surface area contributed by atoms with E-state index in [0.29, 0.717) is 85.5 Å². The Morgan fingerprint density at radius 1 is 0.419 bits per heavy atom. The Morgan fingerprint density at radius 2 is 0.726 bits per heavy atom. The zero-order valence-electron chi connectivity index (χ0n) is 34.6. The highest BCUT2D eigenvalue weighted by Gasteiger charge is 2.15. The fourth-order valence-electron chi connectivity index (χ4n) is 5.29. The van der Waals surface area contributed by atoms with Crippen molar-refractivity contribution < 1.29 is 66.7 Å². The van der Waals surface area contributed by atoms with Crippen molar-refractivity contribution in [2.24, 2.45) is 5.92 Å². The Balaban J connectivity index is 1.07. The van der Waals surface area contributed by atoms with Gasteiger partial charge in [0.25, 0.3) is 0 Å². The van der Waals surface area contributed by atoms with E-state index in [-0.39, 0.29) is 43.8 Å². The Labute approximate surface area is 360 Å². The highest BCUT2D eigenvalue weighted by atomic mass is 16.6. The van der Waals surface area contributed by atoms with Gasteiger partial charge in [0.05, 0.1) is 61.9 Å². The van der Waals surface area contributed by atoms with Crippen molar-refractivity contribution in [2.75, 3.05) is 39.6 Å². The molecule has 0 aliphatic carbocycles. The monoisotopic (exact) mass is 850 g/mol. The molecule has 0 radical (unpaired) electrons. The van der Waals surface area contributed by atoms with Crippen LogP contribution >= 0.6 is 0 Å². The molecule has 4 rings (SSSR count). The molecular weight excluding hydrogens is 801 g/mol. The first kappa shape index (κ1) is 47.5. The largest absolute Gasteiger partial charge is 0.494 e. The lowest BCUT2D eigenvalue weighted by Crippen LogP contribution is -2.12. The Morgan fingerprint density at radius 3 is 1.06 bits per heavy atom. The zero-order valence-corrected chi connectivity index (χ0v) is 34.6. The molecule has 0 N–H and O–H groups in total. The summed E-state index contributed by atoms with van der Waals surface area (Å²) in [6, 6.07) is 25.0. The number of benzene rings is 4. The standard InChI is InChI=1S/C48H50O14/c1-4-43(49)57-30-8-6-28-55-39-18-10-37(11-19-39)47(53)61-41-22-14-35(15-23-41)45(51)59-32-26-34(3)27-33-60-46(52)36-16-24-42(25-17-36)62-48(54)38-12-20-40(21-13-38)56-29-7-9-31-58-44(50)5-2/h4-5,10-25,34H,1-2,6-9,26-33H2,3H3. The second kappa shape index (κ2) is 26.1. The predicted molar refractivity (Wildman–Crippen MR) is 226 cm³/mol. The van der Waals surface area contributed by atoms with Crippen molar-refractivity contribution in [3.8, 4) is 23.0 Å². The van der Waals surface area contributed by atoms with E-state index in [1.807, 2.05) is 6.92 Å². The Hall–Kier alpha value is -7.22. The van der Waals surface area contributed by atoms with Gasteiger partial charge < -0.3 is 37.9 Å². The Kier molecular flexibility index (Phi) is 20.0. The summed E-state index contributed by atoms with van der Waals surface area (Å²) in [6.07, 6.45) is 5.97. The number of esters is 6. The maximum absolute atomic E-state index is 12.6. The third-order valence-electron chi connectivity index (χ3n) is 8.91. The second-order valence-electron chi connectivity index (χ2n) is 13.7. The van der Waals surface area contributed by atoms with Crippen molar-refractivity contribution in [3.63, 3.8) is 0 Å². The molecule has 62 heavy (non-hydrogen) atoms. The lowest BCUT2D eigenvalue weighted by molar-refractivity contribution is -0.138. The molecule has 0 unspecified atom stereocenters. The fourth-order valence-corrected chi connectivity index (χ4v) is 5.29. The van der Waals surface area contributed by atoms with Gasteiger partial charge in [-0.15, -0.1) is 0 Å². The number of rotatable bonds is 26. The quantitative estimate of drug-likeness (QED) is 0.0194. The van der Waals surface area contributed by atoms with Crippen molar-refractivity contribution in [3.05, 3.63) is 145 Å². The lowest BCUT2D eigenvalue weighted by atomic mass is 10.1. The second-order valence-corrected chi connectivity index (χ2v) is 13.7. The number of hydrogen-bond donors (Lipinski definition) is 0. The van der Waals surface area contributed by atoms with Crippen LogP contribution in [0.5, 0.6) is 23.0 Å². The van der Waals surface area contributed by atoms with E-state index in [2.05, 4.69) is 13.2 Å². The van der Waals surface area contributed by atoms with Gasteiger partial charge in [-0.3, -0.25) is 0 Å². The molecule has 4 aromatic rings. The smallest absolute Gasteiger partial charge is 0.343 e. The molecule has 0 aromatic heterocycles. The van der Waals surface area contributed by atoms with Crippen LogP contribution < -0.4 is 18.9 Å². The zero-order chi connectivity index (χ0) is 44.5. The van der Waals surface area contributed by atoms with Gasteiger partial charge in [0.15, 0.2) is 0 Å². The van der Waals surface area contributed by atoms with Gasteiger partial charge in [0.2, 0.25) is 0 Å². The molecule has 0 saturated heterocycles. The first-order valence-electron chi connectivity index (χ1n) is 20.1. The average Bonchev–Trinajstić information content (AvgIpc) is 3.29. The maximum Gasteiger partial charge on any atom is 0.343 e. The maximum atomic E-state index is 12.6. The van der Waals surface area contributed by atoms with Gasteiger partial charge >= 0.3 is 35.8 Å². The summed E-state index contributed by atoms with van der Waals surface area (Å²) in [5, 5.41) is 0. The third-order valence-corrected chi connectivity index (χ3v) is 8.91. The minimum absolute atomic E-state index is 0.0848. The average molecular weight is 851 g/mol. The minimum atomic E-state index is -0.574. The van der Waals surface area contributed by atoms with Crippen LogP contribution in [0.3, 0.4) is 0 Å². The summed E-state index contributed by atoms with van der Waals surface area (Å²) < 4.78 is 42.9. The SMILES string of the molecule is C=CC(=O)OCCCCOc1ccc(C(=O)Oc2ccc(C(=O)OCCC(C)CCOC(=O)c3ccc(OC(=O)c4ccc(OCCCCOC(=O)C=C)cc4)cc3)cc2)cc1. The number of hydrogen-bond acceptors (Lipinski definition) is 14. The summed E-state index contributed by atoms with van der Waals surface area (Å²) in [5.74, 6) is -1.36. The molecule has 0 saturated carbocycles. The first-order valence-corrected chi connectivity index (χ1v) is 20.1. The molecule has 326 valence electrons. The minimum Gasteiger partial charge on any atom is -0.494 e. The summed E-state index contributed by atoms with van der Waals surface area (Å²) in [5.41, 5.74) is 1.23. The topological polar surface area (TPSA) is 176 Å². The van der Waals surface area contributed by atoms with Crippen molar-refractivity contribution in [1.29, 1.82) is 0 Å². The van der Waals surface area contributed by atoms with E-state index in [9.17, 15) is 28.8 Å². The normalized spacial score (nSPS) is 10.5. The molecule has 0 spiro atoms. The lowest BCUT2D eigenvalue weighted by Gasteiger charge is -2.12. The number of carbonyl (C=O) groups is 6. The molecular formula is C48H50O14. The molecule has 14 nitrogen and oxygen atoms in total. The first-order chi connectivity index (χ1) is 30.0. The third kappa shape index (κ3) is 17.2. The molecule has 4 aromatic carbocycles. The molecule has 14 heteroatoms. The van der Waals surface area contributed by atoms with Crippen LogP contribution in [0.2, 0.25) is 0 Å². The summed E-state index contributed by atoms with van der Waals surface area (Å²) in [6.45, 7) is 10.4. The van der Waals surface area contributed by atoms with E-state index >= 15 is 0 Å². The van der Waals surface area contributed by atoms with Crippen LogP contribution in [0.25, 0.3) is 0 Å². The van der Waals surface area contributed by atoms with Gasteiger partial charge in [-0.2, -0.15) is 0 Å². The van der Waals surface area contributed by atoms with Crippen molar-refractivity contribution in [2.45, 2.75) is 45.4 Å². The predicted octanol–water partition coefficient (Wildman–Crippen LogP) is 8.33. The van der Waals surface area contributed by atoms with Crippen LogP contribution in [-0.2, 0) is 28.5 Å². The van der Waals surface area contributed by atoms with Gasteiger partial charge in [-0.05, 0) is 142 Å². The summed E-state index contributed by atoms with van der Waals surface area (Å²) in [7, 11) is 0. The van der Waals surface area contributed by atoms with Gasteiger partial charge in [-0.1, -0.05) is 20.1 Å². The van der Waals surface area contributed by atoms with E-state index in [1.54, 1.807) is 48.5 Å². The number of ether oxygens (including phenoxy) is 8. The highest BCUT2D eigenvalue weighted by molar-refractivity contribution is 5.93. The molecule has 0 atom stereocenters. The summed E-state index contributed by atoms with van der Waals surface area (Å²) >= 11 is 0. The molecule has 0 bridgehead atoms. The molecule has 0 aliphatic heterocycles. The van der Waals surface area contributed by atoms with Crippen molar-refractivity contribution >= 4 is 35.8 Å². The van der Waals surface area contributed by atoms with E-state index in [1.165, 1.54) is 48.5 Å². The molecule has 0 heterocycles. The van der Waals surface area contributed by atoms with Crippen LogP contribution in [0.1, 0.15) is 86.9 Å². The van der Waals surface area contributed by atoms with Crippen LogP contribution in [0.4, 0.5) is 0 Å². The van der Waals surface area contributed by atoms with Crippen molar-refractivity contribution in [1.82, 2.24) is 0 Å². The number of unbranched alkanes of at least 4 members (excludes halogenated alkanes) is 2. The highest BCUT2D eigenvalue weighted by Crippen LogP contribution is 2.20. The van der Waals surface area contributed by atoms with E-state index in [4.69, 9.17) is 37.9 Å². The van der Waals surface area contributed by atoms with E-state index < -0.39 is 35.8 Å². The van der Waals surface area contributed by atoms with Crippen LogP contribution in [0, 0.1) is 5.92 Å². The molecule has 0 fully saturated rings. The van der Waals surface area contributed by atoms with Gasteiger partial charge in [0, 0.05) is 12.2 Å². The van der Waals surface area contributed by atoms with Gasteiger partial charge in [0.1, 0.15) is 23.0 Å². The van der Waals surface area contributed by atoms with Crippen LogP contribution in [0.15, 0.2) is 122 Å². The fraction of sp³-hybridized carbons (Fsp3) is 0.292.